The van der Waals surface area contributed by atoms with Crippen molar-refractivity contribution in [2.45, 2.75) is 11.8 Å². The predicted octanol–water partition coefficient (Wildman–Crippen LogP) is 2.94. The molecular weight excluding hydrogens is 263 g/mol. The number of carbonyl (C=O) groups is 1. The molecule has 0 radical (unpaired) electrons. The molecule has 17 heavy (non-hydrogen) atoms. The van der Waals surface area contributed by atoms with Crippen molar-refractivity contribution in [2.24, 2.45) is 5.10 Å². The van der Waals surface area contributed by atoms with E-state index in [9.17, 15) is 4.79 Å². The topological polar surface area (TPSA) is 50.7 Å². The number of halogens is 2. The lowest BCUT2D eigenvalue weighted by molar-refractivity contribution is 0.152. The molecule has 0 spiro atoms. The normalized spacial score (nSPS) is 11.4. The molecule has 0 aliphatic heterocycles. The van der Waals surface area contributed by atoms with Gasteiger partial charge < -0.3 is 4.74 Å². The molecule has 0 aliphatic carbocycles. The van der Waals surface area contributed by atoms with E-state index in [1.54, 1.807) is 19.1 Å². The molecule has 0 heterocycles. The van der Waals surface area contributed by atoms with Crippen LogP contribution in [0.4, 0.5) is 4.79 Å². The summed E-state index contributed by atoms with van der Waals surface area (Å²) in [5.74, 6) is 0. The third-order valence-corrected chi connectivity index (χ3v) is 2.23. The fourth-order valence-corrected chi connectivity index (χ4v) is 1.47. The van der Waals surface area contributed by atoms with Crippen LogP contribution in [0.1, 0.15) is 12.5 Å². The molecule has 4 nitrogen and oxygen atoms in total. The largest absolute Gasteiger partial charge is 0.449 e. The lowest BCUT2D eigenvalue weighted by atomic mass is 10.1. The van der Waals surface area contributed by atoms with Gasteiger partial charge in [-0.05, 0) is 6.92 Å². The molecule has 1 N–H and O–H groups in total. The maximum absolute atomic E-state index is 11.1. The Labute approximate surface area is 110 Å². The van der Waals surface area contributed by atoms with Gasteiger partial charge in [-0.15, -0.1) is 0 Å². The number of rotatable bonds is 4. The van der Waals surface area contributed by atoms with E-state index in [1.807, 2.05) is 18.2 Å². The van der Waals surface area contributed by atoms with Crippen molar-refractivity contribution < 1.29 is 9.53 Å². The number of benzene rings is 1. The summed E-state index contributed by atoms with van der Waals surface area (Å²) in [7, 11) is 0. The van der Waals surface area contributed by atoms with Gasteiger partial charge in [0.2, 0.25) is 0 Å². The maximum Gasteiger partial charge on any atom is 0.427 e. The molecule has 1 rings (SSSR count). The van der Waals surface area contributed by atoms with Crippen LogP contribution in [0.2, 0.25) is 0 Å². The van der Waals surface area contributed by atoms with Crippen LogP contribution in [-0.4, -0.2) is 23.2 Å². The van der Waals surface area contributed by atoms with Gasteiger partial charge in [0, 0.05) is 5.56 Å². The fourth-order valence-electron chi connectivity index (χ4n) is 1.12. The smallest absolute Gasteiger partial charge is 0.427 e. The highest BCUT2D eigenvalue weighted by Crippen LogP contribution is 2.12. The Morgan fingerprint density at radius 1 is 1.41 bits per heavy atom. The third kappa shape index (κ3) is 4.63. The molecule has 0 aromatic heterocycles. The van der Waals surface area contributed by atoms with E-state index >= 15 is 0 Å². The second-order valence-electron chi connectivity index (χ2n) is 3.00. The monoisotopic (exact) mass is 274 g/mol. The molecule has 0 aliphatic rings. The Morgan fingerprint density at radius 2 is 2.06 bits per heavy atom. The Morgan fingerprint density at radius 3 is 2.59 bits per heavy atom. The van der Waals surface area contributed by atoms with Crippen LogP contribution in [-0.2, 0) is 4.74 Å². The summed E-state index contributed by atoms with van der Waals surface area (Å²) >= 11 is 11.6. The van der Waals surface area contributed by atoms with Gasteiger partial charge in [0.15, 0.2) is 4.84 Å². The zero-order valence-corrected chi connectivity index (χ0v) is 10.7. The molecule has 6 heteroatoms. The molecule has 0 fully saturated rings. The van der Waals surface area contributed by atoms with E-state index in [-0.39, 0.29) is 6.61 Å². The van der Waals surface area contributed by atoms with Gasteiger partial charge in [-0.3, -0.25) is 0 Å². The first-order chi connectivity index (χ1) is 8.15. The van der Waals surface area contributed by atoms with Gasteiger partial charge >= 0.3 is 6.09 Å². The van der Waals surface area contributed by atoms with Crippen molar-refractivity contribution in [3.05, 3.63) is 35.9 Å². The van der Waals surface area contributed by atoms with Crippen molar-refractivity contribution in [3.8, 4) is 0 Å². The van der Waals surface area contributed by atoms with Crippen molar-refractivity contribution in [2.75, 3.05) is 6.61 Å². The molecule has 0 atom stereocenters. The third-order valence-electron chi connectivity index (χ3n) is 1.82. The first-order valence-corrected chi connectivity index (χ1v) is 5.86. The Bertz CT molecular complexity index is 394. The lowest BCUT2D eigenvalue weighted by Gasteiger charge is -2.07. The molecular formula is C11H12Cl2N2O2. The van der Waals surface area contributed by atoms with Crippen LogP contribution < -0.4 is 5.43 Å². The van der Waals surface area contributed by atoms with E-state index in [0.717, 1.165) is 5.56 Å². The molecule has 1 aromatic rings. The van der Waals surface area contributed by atoms with E-state index in [0.29, 0.717) is 5.71 Å². The van der Waals surface area contributed by atoms with Crippen molar-refractivity contribution in [1.29, 1.82) is 0 Å². The number of amides is 1. The molecule has 1 amide bonds. The van der Waals surface area contributed by atoms with E-state index in [2.05, 4.69) is 15.3 Å². The number of ether oxygens (including phenoxy) is 1. The molecule has 92 valence electrons. The molecule has 0 unspecified atom stereocenters. The summed E-state index contributed by atoms with van der Waals surface area (Å²) in [6, 6.07) is 9.10. The number of hydrogen-bond donors (Lipinski definition) is 1. The van der Waals surface area contributed by atoms with E-state index < -0.39 is 10.9 Å². The minimum absolute atomic E-state index is 0.271. The van der Waals surface area contributed by atoms with Crippen LogP contribution >= 0.6 is 23.2 Å². The number of nitrogens with one attached hydrogen (secondary N) is 1. The summed E-state index contributed by atoms with van der Waals surface area (Å²) in [5.41, 5.74) is 3.32. The highest BCUT2D eigenvalue weighted by molar-refractivity contribution is 6.56. The predicted molar refractivity (Wildman–Crippen MR) is 68.6 cm³/mol. The number of alkyl halides is 2. The molecule has 1 aromatic carbocycles. The first-order valence-electron chi connectivity index (χ1n) is 4.99. The van der Waals surface area contributed by atoms with E-state index in [1.165, 1.54) is 0 Å². The van der Waals surface area contributed by atoms with Crippen LogP contribution in [0.15, 0.2) is 35.4 Å². The number of hydrogen-bond acceptors (Lipinski definition) is 3. The minimum Gasteiger partial charge on any atom is -0.449 e. The number of nitrogens with zero attached hydrogens (tertiary/aromatic N) is 1. The van der Waals surface area contributed by atoms with Crippen molar-refractivity contribution in [3.63, 3.8) is 0 Å². The summed E-state index contributed by atoms with van der Waals surface area (Å²) in [4.78, 5) is 10.2. The van der Waals surface area contributed by atoms with Crippen LogP contribution in [0.5, 0.6) is 0 Å². The number of carbonyl (C=O) groups excluding carboxylic acids is 1. The second-order valence-corrected chi connectivity index (χ2v) is 4.09. The van der Waals surface area contributed by atoms with E-state index in [4.69, 9.17) is 23.2 Å². The van der Waals surface area contributed by atoms with Gasteiger partial charge in [0.1, 0.15) is 5.71 Å². The van der Waals surface area contributed by atoms with Gasteiger partial charge in [0.25, 0.3) is 0 Å². The van der Waals surface area contributed by atoms with Crippen LogP contribution in [0.25, 0.3) is 0 Å². The average Bonchev–Trinajstić information content (AvgIpc) is 2.30. The van der Waals surface area contributed by atoms with Gasteiger partial charge in [-0.1, -0.05) is 53.5 Å². The summed E-state index contributed by atoms with van der Waals surface area (Å²) in [6.07, 6.45) is -0.644. The minimum atomic E-state index is -0.834. The Hall–Kier alpha value is -1.26. The van der Waals surface area contributed by atoms with Crippen molar-refractivity contribution in [1.82, 2.24) is 5.43 Å². The molecule has 0 bridgehead atoms. The Balaban J connectivity index is 2.80. The van der Waals surface area contributed by atoms with Gasteiger partial charge in [0.05, 0.1) is 6.61 Å². The standard InChI is InChI=1S/C11H12Cl2N2O2/c1-2-17-11(16)15-14-9(10(12)13)8-6-4-3-5-7-8/h3-7,10H,2H2,1H3,(H,15,16). The Kier molecular flexibility index (Phi) is 5.80. The van der Waals surface area contributed by atoms with Crippen LogP contribution in [0.3, 0.4) is 0 Å². The summed E-state index contributed by atoms with van der Waals surface area (Å²) < 4.78 is 4.66. The zero-order chi connectivity index (χ0) is 12.7. The highest BCUT2D eigenvalue weighted by atomic mass is 35.5. The van der Waals surface area contributed by atoms with Gasteiger partial charge in [-0.2, -0.15) is 5.10 Å². The summed E-state index contributed by atoms with van der Waals surface area (Å²) in [5, 5.41) is 3.84. The maximum atomic E-state index is 11.1. The van der Waals surface area contributed by atoms with Gasteiger partial charge in [-0.25, -0.2) is 10.2 Å². The quantitative estimate of drug-likeness (QED) is 0.521. The van der Waals surface area contributed by atoms with Crippen molar-refractivity contribution >= 4 is 35.0 Å². The molecule has 0 saturated heterocycles. The highest BCUT2D eigenvalue weighted by Gasteiger charge is 2.12. The zero-order valence-electron chi connectivity index (χ0n) is 9.19. The first kappa shape index (κ1) is 13.8. The fraction of sp³-hybridized carbons (Fsp3) is 0.273. The average molecular weight is 275 g/mol. The molecule has 0 saturated carbocycles. The lowest BCUT2D eigenvalue weighted by Crippen LogP contribution is -2.23. The second kappa shape index (κ2) is 7.14. The van der Waals surface area contributed by atoms with Crippen LogP contribution in [0, 0.1) is 0 Å². The summed E-state index contributed by atoms with van der Waals surface area (Å²) in [6.45, 7) is 1.97. The SMILES string of the molecule is CCOC(=O)NN=C(c1ccccc1)C(Cl)Cl. The number of hydrazone groups is 1.